The monoisotopic (exact) mass is 300 g/mol. The molecule has 0 bridgehead atoms. The minimum atomic E-state index is -0.596. The molecule has 2 aromatic rings. The van der Waals surface area contributed by atoms with Crippen molar-refractivity contribution in [1.29, 1.82) is 0 Å². The minimum Gasteiger partial charge on any atom is -0.301 e. The fourth-order valence-corrected chi connectivity index (χ4v) is 2.25. The Morgan fingerprint density at radius 1 is 1.14 bits per heavy atom. The third-order valence-electron chi connectivity index (χ3n) is 3.63. The lowest BCUT2D eigenvalue weighted by molar-refractivity contribution is -0.385. The van der Waals surface area contributed by atoms with Crippen molar-refractivity contribution in [2.45, 2.75) is 27.3 Å². The Hall–Kier alpha value is -2.76. The molecule has 1 aromatic heterocycles. The van der Waals surface area contributed by atoms with Crippen molar-refractivity contribution in [1.82, 2.24) is 4.57 Å². The van der Waals surface area contributed by atoms with E-state index in [-0.39, 0.29) is 18.0 Å². The maximum atomic E-state index is 12.4. The summed E-state index contributed by atoms with van der Waals surface area (Å²) in [5.41, 5.74) is 2.76. The summed E-state index contributed by atoms with van der Waals surface area (Å²) in [4.78, 5) is 34.3. The number of aromatic nitrogens is 1. The van der Waals surface area contributed by atoms with Gasteiger partial charge in [-0.05, 0) is 43.5 Å². The molecule has 6 heteroatoms. The first kappa shape index (κ1) is 15.6. The molecule has 0 unspecified atom stereocenters. The van der Waals surface area contributed by atoms with Crippen LogP contribution in [-0.2, 0) is 6.54 Å². The first-order chi connectivity index (χ1) is 10.3. The van der Waals surface area contributed by atoms with Gasteiger partial charge in [0, 0.05) is 17.7 Å². The highest BCUT2D eigenvalue weighted by atomic mass is 16.6. The molecule has 0 atom stereocenters. The van der Waals surface area contributed by atoms with Crippen molar-refractivity contribution >= 4 is 11.5 Å². The van der Waals surface area contributed by atoms with Crippen molar-refractivity contribution in [3.05, 3.63) is 73.2 Å². The van der Waals surface area contributed by atoms with Gasteiger partial charge in [-0.2, -0.15) is 0 Å². The van der Waals surface area contributed by atoms with E-state index in [1.807, 2.05) is 26.8 Å². The number of ketones is 1. The predicted molar refractivity (Wildman–Crippen MR) is 82.3 cm³/mol. The molecule has 0 amide bonds. The predicted octanol–water partition coefficient (Wildman–Crippen LogP) is 2.56. The lowest BCUT2D eigenvalue weighted by Crippen LogP contribution is -2.23. The Labute approximate surface area is 127 Å². The highest BCUT2D eigenvalue weighted by Gasteiger charge is 2.14. The molecule has 0 N–H and O–H groups in total. The van der Waals surface area contributed by atoms with Crippen LogP contribution in [0.4, 0.5) is 5.69 Å². The number of hydrogen-bond acceptors (Lipinski definition) is 4. The molecule has 0 saturated heterocycles. The highest BCUT2D eigenvalue weighted by Crippen LogP contribution is 2.16. The largest absolute Gasteiger partial charge is 0.301 e. The van der Waals surface area contributed by atoms with Gasteiger partial charge in [-0.3, -0.25) is 19.7 Å². The van der Waals surface area contributed by atoms with E-state index in [0.29, 0.717) is 5.56 Å². The van der Waals surface area contributed by atoms with E-state index in [9.17, 15) is 19.7 Å². The van der Waals surface area contributed by atoms with Gasteiger partial charge in [-0.1, -0.05) is 6.07 Å². The second-order valence-corrected chi connectivity index (χ2v) is 5.29. The number of aryl methyl sites for hydroxylation is 3. The molecule has 0 spiro atoms. The molecule has 0 fully saturated rings. The van der Waals surface area contributed by atoms with Crippen LogP contribution in [0.1, 0.15) is 27.0 Å². The summed E-state index contributed by atoms with van der Waals surface area (Å²) in [5, 5.41) is 10.8. The fourth-order valence-electron chi connectivity index (χ4n) is 2.25. The van der Waals surface area contributed by atoms with Gasteiger partial charge in [0.25, 0.3) is 11.2 Å². The molecule has 1 aromatic carbocycles. The quantitative estimate of drug-likeness (QED) is 0.493. The molecule has 114 valence electrons. The number of Topliss-reactive ketones (excluding diaryl/α,β-unsaturated/α-hetero) is 1. The number of nitro groups is 1. The molecule has 0 aliphatic rings. The summed E-state index contributed by atoms with van der Waals surface area (Å²) >= 11 is 0. The van der Waals surface area contributed by atoms with Gasteiger partial charge in [0.1, 0.15) is 0 Å². The van der Waals surface area contributed by atoms with Crippen molar-refractivity contribution in [3.8, 4) is 0 Å². The van der Waals surface area contributed by atoms with E-state index in [1.54, 1.807) is 6.07 Å². The van der Waals surface area contributed by atoms with Crippen molar-refractivity contribution in [2.75, 3.05) is 0 Å². The second kappa shape index (κ2) is 5.93. The number of rotatable bonds is 4. The van der Waals surface area contributed by atoms with E-state index in [2.05, 4.69) is 0 Å². The van der Waals surface area contributed by atoms with Gasteiger partial charge in [0.05, 0.1) is 17.7 Å². The maximum Gasteiger partial charge on any atom is 0.285 e. The minimum absolute atomic E-state index is 0.218. The molecular formula is C16H16N2O4. The lowest BCUT2D eigenvalue weighted by atomic mass is 9.98. The van der Waals surface area contributed by atoms with Crippen LogP contribution < -0.4 is 5.56 Å². The van der Waals surface area contributed by atoms with Crippen LogP contribution in [0.25, 0.3) is 0 Å². The first-order valence-electron chi connectivity index (χ1n) is 6.75. The second-order valence-electron chi connectivity index (χ2n) is 5.29. The van der Waals surface area contributed by atoms with Gasteiger partial charge >= 0.3 is 0 Å². The Bertz CT molecular complexity index is 821. The summed E-state index contributed by atoms with van der Waals surface area (Å²) in [6.45, 7) is 5.48. The topological polar surface area (TPSA) is 82.2 Å². The Morgan fingerprint density at radius 3 is 2.41 bits per heavy atom. The van der Waals surface area contributed by atoms with E-state index < -0.39 is 10.5 Å². The molecule has 0 saturated carbocycles. The van der Waals surface area contributed by atoms with Crippen molar-refractivity contribution in [2.24, 2.45) is 0 Å². The van der Waals surface area contributed by atoms with Gasteiger partial charge in [-0.15, -0.1) is 0 Å². The number of benzene rings is 1. The molecule has 0 radical (unpaired) electrons. The van der Waals surface area contributed by atoms with Gasteiger partial charge in [0.15, 0.2) is 5.78 Å². The SMILES string of the molecule is Cc1cc(C)c(C(=O)Cn2cc([N+](=O)[O-])ccc2=O)cc1C. The van der Waals surface area contributed by atoms with Crippen molar-refractivity contribution < 1.29 is 9.72 Å². The van der Waals surface area contributed by atoms with Crippen LogP contribution >= 0.6 is 0 Å². The van der Waals surface area contributed by atoms with Gasteiger partial charge in [0.2, 0.25) is 0 Å². The Kier molecular flexibility index (Phi) is 4.21. The first-order valence-corrected chi connectivity index (χ1v) is 6.75. The van der Waals surface area contributed by atoms with Gasteiger partial charge < -0.3 is 4.57 Å². The molecule has 6 nitrogen and oxygen atoms in total. The zero-order chi connectivity index (χ0) is 16.4. The molecule has 0 aliphatic heterocycles. The van der Waals surface area contributed by atoms with Crippen LogP contribution in [0.5, 0.6) is 0 Å². The number of nitrogens with zero attached hydrogens (tertiary/aromatic N) is 2. The Balaban J connectivity index is 2.37. The average molecular weight is 300 g/mol. The summed E-state index contributed by atoms with van der Waals surface area (Å²) < 4.78 is 1.06. The third-order valence-corrected chi connectivity index (χ3v) is 3.63. The highest BCUT2D eigenvalue weighted by molar-refractivity contribution is 5.97. The molecule has 0 aliphatic carbocycles. The molecular weight excluding hydrogens is 284 g/mol. The number of pyridine rings is 1. The standard InChI is InChI=1S/C16H16N2O4/c1-10-6-12(3)14(7-11(10)2)15(19)9-17-8-13(18(21)22)4-5-16(17)20/h4-8H,9H2,1-3H3. The van der Waals surface area contributed by atoms with Crippen LogP contribution in [-0.4, -0.2) is 15.3 Å². The van der Waals surface area contributed by atoms with Crippen LogP contribution in [0.3, 0.4) is 0 Å². The van der Waals surface area contributed by atoms with Crippen LogP contribution in [0.2, 0.25) is 0 Å². The van der Waals surface area contributed by atoms with Gasteiger partial charge in [-0.25, -0.2) is 0 Å². The fraction of sp³-hybridized carbons (Fsp3) is 0.250. The van der Waals surface area contributed by atoms with E-state index in [1.165, 1.54) is 0 Å². The van der Waals surface area contributed by atoms with E-state index in [0.717, 1.165) is 39.6 Å². The summed E-state index contributed by atoms with van der Waals surface area (Å²) in [7, 11) is 0. The molecule has 22 heavy (non-hydrogen) atoms. The third kappa shape index (κ3) is 3.11. The average Bonchev–Trinajstić information content (AvgIpc) is 2.44. The lowest BCUT2D eigenvalue weighted by Gasteiger charge is -2.10. The molecule has 1 heterocycles. The molecule has 2 rings (SSSR count). The van der Waals surface area contributed by atoms with E-state index in [4.69, 9.17) is 0 Å². The van der Waals surface area contributed by atoms with Crippen LogP contribution in [0, 0.1) is 30.9 Å². The van der Waals surface area contributed by atoms with Crippen LogP contribution in [0.15, 0.2) is 35.3 Å². The number of carbonyl (C=O) groups is 1. The van der Waals surface area contributed by atoms with E-state index >= 15 is 0 Å². The smallest absolute Gasteiger partial charge is 0.285 e. The normalized spacial score (nSPS) is 10.5. The number of hydrogen-bond donors (Lipinski definition) is 0. The summed E-state index contributed by atoms with van der Waals surface area (Å²) in [5.74, 6) is -0.247. The number of carbonyl (C=O) groups excluding carboxylic acids is 1. The maximum absolute atomic E-state index is 12.4. The zero-order valence-corrected chi connectivity index (χ0v) is 12.6. The van der Waals surface area contributed by atoms with Crippen molar-refractivity contribution in [3.63, 3.8) is 0 Å². The zero-order valence-electron chi connectivity index (χ0n) is 12.6. The summed E-state index contributed by atoms with van der Waals surface area (Å²) in [6.07, 6.45) is 1.09. The Morgan fingerprint density at radius 2 is 1.77 bits per heavy atom. The summed E-state index contributed by atoms with van der Waals surface area (Å²) in [6, 6.07) is 5.93.